The van der Waals surface area contributed by atoms with Gasteiger partial charge in [-0.05, 0) is 33.7 Å². The molecule has 0 spiro atoms. The maximum absolute atomic E-state index is 8.89. The minimum atomic E-state index is -0.0296. The molecule has 1 rings (SSSR count). The van der Waals surface area contributed by atoms with Gasteiger partial charge in [0.05, 0.1) is 6.07 Å². The van der Waals surface area contributed by atoms with Gasteiger partial charge in [0.25, 0.3) is 0 Å². The molecule has 1 aliphatic rings. The molecule has 0 bridgehead atoms. The van der Waals surface area contributed by atoms with Crippen LogP contribution in [0.3, 0.4) is 0 Å². The van der Waals surface area contributed by atoms with Gasteiger partial charge in [0, 0.05) is 18.6 Å². The molecule has 14 heavy (non-hydrogen) atoms. The zero-order valence-corrected chi connectivity index (χ0v) is 9.45. The first-order valence-electron chi connectivity index (χ1n) is 5.51. The van der Waals surface area contributed by atoms with Gasteiger partial charge < -0.3 is 5.32 Å². The molecule has 3 atom stereocenters. The molecule has 80 valence electrons. The Kier molecular flexibility index (Phi) is 4.37. The van der Waals surface area contributed by atoms with Crippen LogP contribution in [-0.2, 0) is 0 Å². The van der Waals surface area contributed by atoms with E-state index in [2.05, 4.69) is 30.1 Å². The summed E-state index contributed by atoms with van der Waals surface area (Å²) in [6.07, 6.45) is 3.87. The Morgan fingerprint density at radius 3 is 2.43 bits per heavy atom. The lowest BCUT2D eigenvalue weighted by molar-refractivity contribution is 0.0984. The summed E-state index contributed by atoms with van der Waals surface area (Å²) < 4.78 is 0. The van der Waals surface area contributed by atoms with E-state index in [1.54, 1.807) is 0 Å². The maximum atomic E-state index is 8.89. The Balaban J connectivity index is 2.51. The standard InChI is InChI=1S/C11H21N3/c1-9-5-4-6-10(2)14(9)8-11(7-12)13-3/h9-11,13H,4-6,8H2,1-3H3. The summed E-state index contributed by atoms with van der Waals surface area (Å²) in [5.74, 6) is 0. The molecule has 0 radical (unpaired) electrons. The first kappa shape index (κ1) is 11.5. The van der Waals surface area contributed by atoms with Crippen molar-refractivity contribution in [3.05, 3.63) is 0 Å². The Morgan fingerprint density at radius 1 is 1.43 bits per heavy atom. The quantitative estimate of drug-likeness (QED) is 0.739. The normalized spacial score (nSPS) is 31.0. The predicted molar refractivity (Wildman–Crippen MR) is 57.9 cm³/mol. The molecule has 1 saturated heterocycles. The van der Waals surface area contributed by atoms with Gasteiger partial charge in [-0.3, -0.25) is 4.90 Å². The van der Waals surface area contributed by atoms with Crippen LogP contribution in [0.4, 0.5) is 0 Å². The van der Waals surface area contributed by atoms with Crippen molar-refractivity contribution in [1.29, 1.82) is 5.26 Å². The fourth-order valence-electron chi connectivity index (χ4n) is 2.24. The summed E-state index contributed by atoms with van der Waals surface area (Å²) in [6.45, 7) is 5.38. The van der Waals surface area contributed by atoms with Gasteiger partial charge in [-0.1, -0.05) is 6.42 Å². The number of hydrogen-bond donors (Lipinski definition) is 1. The second kappa shape index (κ2) is 5.33. The van der Waals surface area contributed by atoms with E-state index in [4.69, 9.17) is 5.26 Å². The molecule has 1 aliphatic heterocycles. The minimum Gasteiger partial charge on any atom is -0.304 e. The number of likely N-dealkylation sites (N-methyl/N-ethyl adjacent to an activating group) is 1. The Hall–Kier alpha value is -0.590. The molecule has 1 heterocycles. The van der Waals surface area contributed by atoms with Gasteiger partial charge >= 0.3 is 0 Å². The lowest BCUT2D eigenvalue weighted by Crippen LogP contribution is -2.49. The average Bonchev–Trinajstić information content (AvgIpc) is 2.18. The summed E-state index contributed by atoms with van der Waals surface area (Å²) in [6, 6.07) is 3.51. The topological polar surface area (TPSA) is 39.1 Å². The van der Waals surface area contributed by atoms with Crippen molar-refractivity contribution in [2.24, 2.45) is 0 Å². The molecule has 0 amide bonds. The monoisotopic (exact) mass is 195 g/mol. The van der Waals surface area contributed by atoms with Crippen molar-refractivity contribution < 1.29 is 0 Å². The number of piperidine rings is 1. The summed E-state index contributed by atoms with van der Waals surface area (Å²) in [5.41, 5.74) is 0. The van der Waals surface area contributed by atoms with Crippen LogP contribution in [0.5, 0.6) is 0 Å². The molecule has 0 aromatic carbocycles. The van der Waals surface area contributed by atoms with Crippen LogP contribution in [0.1, 0.15) is 33.1 Å². The molecule has 1 N–H and O–H groups in total. The smallest absolute Gasteiger partial charge is 0.108 e. The highest BCUT2D eigenvalue weighted by Gasteiger charge is 2.26. The van der Waals surface area contributed by atoms with Gasteiger partial charge in [-0.15, -0.1) is 0 Å². The van der Waals surface area contributed by atoms with Crippen molar-refractivity contribution in [1.82, 2.24) is 10.2 Å². The number of rotatable bonds is 3. The molecular formula is C11H21N3. The molecule has 3 nitrogen and oxygen atoms in total. The third-order valence-electron chi connectivity index (χ3n) is 3.27. The van der Waals surface area contributed by atoms with Crippen molar-refractivity contribution in [3.8, 4) is 6.07 Å². The number of hydrogen-bond acceptors (Lipinski definition) is 3. The highest BCUT2D eigenvalue weighted by molar-refractivity contribution is 4.94. The summed E-state index contributed by atoms with van der Waals surface area (Å²) in [7, 11) is 1.85. The number of nitriles is 1. The Bertz CT molecular complexity index is 199. The minimum absolute atomic E-state index is 0.0296. The lowest BCUT2D eigenvalue weighted by Gasteiger charge is -2.39. The van der Waals surface area contributed by atoms with Crippen LogP contribution in [0.2, 0.25) is 0 Å². The van der Waals surface area contributed by atoms with Crippen molar-refractivity contribution in [3.63, 3.8) is 0 Å². The summed E-state index contributed by atoms with van der Waals surface area (Å²) in [4.78, 5) is 2.45. The number of likely N-dealkylation sites (tertiary alicyclic amines) is 1. The zero-order valence-electron chi connectivity index (χ0n) is 9.45. The van der Waals surface area contributed by atoms with Crippen LogP contribution in [0.15, 0.2) is 0 Å². The van der Waals surface area contributed by atoms with Crippen LogP contribution in [0, 0.1) is 11.3 Å². The maximum Gasteiger partial charge on any atom is 0.108 e. The third-order valence-corrected chi connectivity index (χ3v) is 3.27. The third kappa shape index (κ3) is 2.70. The van der Waals surface area contributed by atoms with E-state index in [1.807, 2.05) is 7.05 Å². The zero-order chi connectivity index (χ0) is 10.6. The van der Waals surface area contributed by atoms with E-state index in [9.17, 15) is 0 Å². The number of nitrogens with one attached hydrogen (secondary N) is 1. The fraction of sp³-hybridized carbons (Fsp3) is 0.909. The largest absolute Gasteiger partial charge is 0.304 e. The van der Waals surface area contributed by atoms with Crippen LogP contribution in [0.25, 0.3) is 0 Å². The molecule has 3 heteroatoms. The van der Waals surface area contributed by atoms with E-state index in [0.29, 0.717) is 12.1 Å². The molecule has 0 aromatic heterocycles. The molecule has 1 fully saturated rings. The van der Waals surface area contributed by atoms with Crippen molar-refractivity contribution in [2.45, 2.75) is 51.2 Å². The average molecular weight is 195 g/mol. The SMILES string of the molecule is CNC(C#N)CN1C(C)CCCC1C. The van der Waals surface area contributed by atoms with Crippen LogP contribution in [-0.4, -0.2) is 36.6 Å². The Morgan fingerprint density at radius 2 is 2.00 bits per heavy atom. The van der Waals surface area contributed by atoms with Crippen LogP contribution >= 0.6 is 0 Å². The van der Waals surface area contributed by atoms with Gasteiger partial charge in [0.2, 0.25) is 0 Å². The highest BCUT2D eigenvalue weighted by Crippen LogP contribution is 2.22. The fourth-order valence-corrected chi connectivity index (χ4v) is 2.24. The van der Waals surface area contributed by atoms with Crippen molar-refractivity contribution in [2.75, 3.05) is 13.6 Å². The molecule has 0 aliphatic carbocycles. The first-order chi connectivity index (χ1) is 6.69. The second-order valence-corrected chi connectivity index (χ2v) is 4.30. The lowest BCUT2D eigenvalue weighted by atomic mass is 9.97. The van der Waals surface area contributed by atoms with Gasteiger partial charge in [0.1, 0.15) is 6.04 Å². The van der Waals surface area contributed by atoms with E-state index in [1.165, 1.54) is 19.3 Å². The molecule has 0 saturated carbocycles. The van der Waals surface area contributed by atoms with E-state index < -0.39 is 0 Å². The second-order valence-electron chi connectivity index (χ2n) is 4.30. The summed E-state index contributed by atoms with van der Waals surface area (Å²) >= 11 is 0. The van der Waals surface area contributed by atoms with Crippen LogP contribution < -0.4 is 5.32 Å². The van der Waals surface area contributed by atoms with Gasteiger partial charge in [0.15, 0.2) is 0 Å². The molecular weight excluding hydrogens is 174 g/mol. The van der Waals surface area contributed by atoms with Crippen molar-refractivity contribution >= 4 is 0 Å². The molecule has 0 aromatic rings. The van der Waals surface area contributed by atoms with E-state index >= 15 is 0 Å². The molecule has 3 unspecified atom stereocenters. The predicted octanol–water partition coefficient (Wildman–Crippen LogP) is 1.36. The first-order valence-corrected chi connectivity index (χ1v) is 5.51. The summed E-state index contributed by atoms with van der Waals surface area (Å²) in [5, 5.41) is 11.9. The van der Waals surface area contributed by atoms with Gasteiger partial charge in [-0.2, -0.15) is 5.26 Å². The van der Waals surface area contributed by atoms with E-state index in [0.717, 1.165) is 6.54 Å². The number of nitrogens with zero attached hydrogens (tertiary/aromatic N) is 2. The van der Waals surface area contributed by atoms with Gasteiger partial charge in [-0.25, -0.2) is 0 Å². The van der Waals surface area contributed by atoms with E-state index in [-0.39, 0.29) is 6.04 Å². The Labute approximate surface area is 87.1 Å². The highest BCUT2D eigenvalue weighted by atomic mass is 15.2.